The van der Waals surface area contributed by atoms with Crippen LogP contribution < -0.4 is 5.32 Å². The monoisotopic (exact) mass is 292 g/mol. The van der Waals surface area contributed by atoms with Crippen LogP contribution >= 0.6 is 11.3 Å². The van der Waals surface area contributed by atoms with Crippen molar-refractivity contribution in [1.82, 2.24) is 10.2 Å². The second-order valence-corrected chi connectivity index (χ2v) is 7.11. The van der Waals surface area contributed by atoms with Crippen molar-refractivity contribution in [2.45, 2.75) is 51.0 Å². The van der Waals surface area contributed by atoms with Gasteiger partial charge in [-0.2, -0.15) is 0 Å². The van der Waals surface area contributed by atoms with Crippen molar-refractivity contribution < 1.29 is 4.79 Å². The van der Waals surface area contributed by atoms with Gasteiger partial charge in [-0.3, -0.25) is 4.79 Å². The van der Waals surface area contributed by atoms with E-state index in [-0.39, 0.29) is 5.91 Å². The van der Waals surface area contributed by atoms with Gasteiger partial charge >= 0.3 is 0 Å². The Morgan fingerprint density at radius 3 is 3.05 bits per heavy atom. The predicted molar refractivity (Wildman–Crippen MR) is 83.6 cm³/mol. The van der Waals surface area contributed by atoms with Gasteiger partial charge in [-0.25, -0.2) is 0 Å². The number of rotatable bonds is 3. The number of nitrogens with one attached hydrogen (secondary N) is 1. The largest absolute Gasteiger partial charge is 0.334 e. The zero-order chi connectivity index (χ0) is 13.9. The van der Waals surface area contributed by atoms with Crippen molar-refractivity contribution in [3.63, 3.8) is 0 Å². The van der Waals surface area contributed by atoms with Crippen LogP contribution in [0, 0.1) is 0 Å². The fourth-order valence-corrected chi connectivity index (χ4v) is 4.67. The van der Waals surface area contributed by atoms with E-state index < -0.39 is 0 Å². The molecule has 0 spiro atoms. The molecule has 0 radical (unpaired) electrons. The number of likely N-dealkylation sites (tertiary alicyclic amines) is 1. The number of likely N-dealkylation sites (N-methyl/N-ethyl adjacent to an activating group) is 1. The van der Waals surface area contributed by atoms with Crippen molar-refractivity contribution in [3.05, 3.63) is 21.4 Å². The topological polar surface area (TPSA) is 32.3 Å². The molecule has 4 heteroatoms. The first-order valence-electron chi connectivity index (χ1n) is 7.86. The molecule has 0 saturated carbocycles. The molecule has 1 unspecified atom stereocenters. The number of nitrogens with zero attached hydrogens (tertiary/aromatic N) is 1. The molecule has 110 valence electrons. The molecule has 3 rings (SSSR count). The van der Waals surface area contributed by atoms with Crippen LogP contribution in [0.4, 0.5) is 0 Å². The quantitative estimate of drug-likeness (QED) is 0.869. The number of thiophene rings is 1. The van der Waals surface area contributed by atoms with E-state index in [4.69, 9.17) is 0 Å². The summed E-state index contributed by atoms with van der Waals surface area (Å²) in [5, 5.41) is 3.21. The van der Waals surface area contributed by atoms with Gasteiger partial charge in [0.15, 0.2) is 0 Å². The minimum absolute atomic E-state index is 0.265. The van der Waals surface area contributed by atoms with Crippen molar-refractivity contribution in [2.24, 2.45) is 0 Å². The highest BCUT2D eigenvalue weighted by Gasteiger charge is 2.30. The lowest BCUT2D eigenvalue weighted by atomic mass is 10.1. The van der Waals surface area contributed by atoms with Crippen LogP contribution in [0.15, 0.2) is 6.07 Å². The third-order valence-corrected chi connectivity index (χ3v) is 5.76. The zero-order valence-electron chi connectivity index (χ0n) is 12.3. The molecule has 1 atom stereocenters. The SMILES string of the molecule is CNCC1CCCN1C(=O)c1cc2c(s1)CCCCC2. The van der Waals surface area contributed by atoms with Gasteiger partial charge in [0.2, 0.25) is 0 Å². The molecule has 1 fully saturated rings. The Bertz CT molecular complexity index is 459. The average molecular weight is 292 g/mol. The van der Waals surface area contributed by atoms with Crippen molar-refractivity contribution in [1.29, 1.82) is 0 Å². The number of hydrogen-bond acceptors (Lipinski definition) is 3. The Morgan fingerprint density at radius 1 is 1.35 bits per heavy atom. The Hall–Kier alpha value is -0.870. The van der Waals surface area contributed by atoms with Gasteiger partial charge in [0.05, 0.1) is 4.88 Å². The van der Waals surface area contributed by atoms with E-state index >= 15 is 0 Å². The Labute approximate surface area is 125 Å². The maximum Gasteiger partial charge on any atom is 0.264 e. The molecule has 2 aliphatic rings. The van der Waals surface area contributed by atoms with Gasteiger partial charge in [0, 0.05) is 24.0 Å². The maximum absolute atomic E-state index is 12.7. The Balaban J connectivity index is 1.77. The lowest BCUT2D eigenvalue weighted by Crippen LogP contribution is -2.40. The fraction of sp³-hybridized carbons (Fsp3) is 0.688. The summed E-state index contributed by atoms with van der Waals surface area (Å²) in [6.45, 7) is 1.84. The second-order valence-electron chi connectivity index (χ2n) is 5.97. The summed E-state index contributed by atoms with van der Waals surface area (Å²) >= 11 is 1.75. The molecule has 20 heavy (non-hydrogen) atoms. The zero-order valence-corrected chi connectivity index (χ0v) is 13.1. The van der Waals surface area contributed by atoms with E-state index in [1.165, 1.54) is 42.5 Å². The molecule has 1 aromatic heterocycles. The van der Waals surface area contributed by atoms with Crippen LogP contribution in [0.5, 0.6) is 0 Å². The molecule has 1 aliphatic carbocycles. The summed E-state index contributed by atoms with van der Waals surface area (Å²) in [5.41, 5.74) is 1.44. The van der Waals surface area contributed by atoms with E-state index in [0.717, 1.165) is 30.8 Å². The predicted octanol–water partition coefficient (Wildman–Crippen LogP) is 2.84. The molecule has 0 aromatic carbocycles. The highest BCUT2D eigenvalue weighted by molar-refractivity contribution is 7.14. The molecule has 1 aliphatic heterocycles. The van der Waals surface area contributed by atoms with Gasteiger partial charge in [0.25, 0.3) is 5.91 Å². The molecular weight excluding hydrogens is 268 g/mol. The van der Waals surface area contributed by atoms with Gasteiger partial charge < -0.3 is 10.2 Å². The third kappa shape index (κ3) is 2.77. The van der Waals surface area contributed by atoms with Crippen molar-refractivity contribution in [3.8, 4) is 0 Å². The lowest BCUT2D eigenvalue weighted by molar-refractivity contribution is 0.0742. The molecule has 1 amide bonds. The van der Waals surface area contributed by atoms with E-state index in [2.05, 4.69) is 16.3 Å². The first-order chi connectivity index (χ1) is 9.79. The van der Waals surface area contributed by atoms with Crippen LogP contribution in [-0.4, -0.2) is 37.0 Å². The Morgan fingerprint density at radius 2 is 2.20 bits per heavy atom. The first-order valence-corrected chi connectivity index (χ1v) is 8.68. The van der Waals surface area contributed by atoms with Crippen molar-refractivity contribution in [2.75, 3.05) is 20.1 Å². The fourth-order valence-electron chi connectivity index (χ4n) is 3.47. The molecule has 1 saturated heterocycles. The number of amides is 1. The molecule has 1 aromatic rings. The first kappa shape index (κ1) is 14.1. The number of carbonyl (C=O) groups excluding carboxylic acids is 1. The third-order valence-electron chi connectivity index (χ3n) is 4.54. The normalized spacial score (nSPS) is 22.6. The standard InChI is InChI=1S/C16H24N2OS/c1-17-11-13-7-5-9-18(13)16(19)15-10-12-6-3-2-4-8-14(12)20-15/h10,13,17H,2-9,11H2,1H3. The molecule has 3 nitrogen and oxygen atoms in total. The Kier molecular flexibility index (Phi) is 4.41. The number of fused-ring (bicyclic) bond motifs is 1. The summed E-state index contributed by atoms with van der Waals surface area (Å²) in [6.07, 6.45) is 8.52. The summed E-state index contributed by atoms with van der Waals surface area (Å²) in [6, 6.07) is 2.57. The van der Waals surface area contributed by atoms with Crippen LogP contribution in [0.1, 0.15) is 52.2 Å². The van der Waals surface area contributed by atoms with Gasteiger partial charge in [-0.15, -0.1) is 11.3 Å². The van der Waals surface area contributed by atoms with Crippen LogP contribution in [0.25, 0.3) is 0 Å². The van der Waals surface area contributed by atoms with E-state index in [9.17, 15) is 4.79 Å². The number of aryl methyl sites for hydroxylation is 2. The summed E-state index contributed by atoms with van der Waals surface area (Å²) in [5.74, 6) is 0.265. The van der Waals surface area contributed by atoms with Gasteiger partial charge in [0.1, 0.15) is 0 Å². The lowest BCUT2D eigenvalue weighted by Gasteiger charge is -2.23. The van der Waals surface area contributed by atoms with Crippen LogP contribution in [0.2, 0.25) is 0 Å². The number of carbonyl (C=O) groups is 1. The summed E-state index contributed by atoms with van der Waals surface area (Å²) in [4.78, 5) is 17.3. The van der Waals surface area contributed by atoms with Gasteiger partial charge in [-0.1, -0.05) is 6.42 Å². The summed E-state index contributed by atoms with van der Waals surface area (Å²) < 4.78 is 0. The highest BCUT2D eigenvalue weighted by Crippen LogP contribution is 2.31. The summed E-state index contributed by atoms with van der Waals surface area (Å²) in [7, 11) is 1.97. The number of hydrogen-bond donors (Lipinski definition) is 1. The van der Waals surface area contributed by atoms with Crippen LogP contribution in [-0.2, 0) is 12.8 Å². The average Bonchev–Trinajstić information content (AvgIpc) is 3.01. The van der Waals surface area contributed by atoms with Crippen LogP contribution in [0.3, 0.4) is 0 Å². The molecule has 2 heterocycles. The smallest absolute Gasteiger partial charge is 0.264 e. The molecule has 0 bridgehead atoms. The minimum Gasteiger partial charge on any atom is -0.334 e. The van der Waals surface area contributed by atoms with E-state index in [1.54, 1.807) is 11.3 Å². The highest BCUT2D eigenvalue weighted by atomic mass is 32.1. The molecular formula is C16H24N2OS. The molecule has 1 N–H and O–H groups in total. The van der Waals surface area contributed by atoms with E-state index in [1.807, 2.05) is 7.05 Å². The minimum atomic E-state index is 0.265. The van der Waals surface area contributed by atoms with Crippen molar-refractivity contribution >= 4 is 17.2 Å². The second kappa shape index (κ2) is 6.27. The van der Waals surface area contributed by atoms with Gasteiger partial charge in [-0.05, 0) is 57.2 Å². The maximum atomic E-state index is 12.7. The van der Waals surface area contributed by atoms with E-state index in [0.29, 0.717) is 6.04 Å².